The Hall–Kier alpha value is -2.82. The van der Waals surface area contributed by atoms with E-state index in [2.05, 4.69) is 9.97 Å². The van der Waals surface area contributed by atoms with Gasteiger partial charge in [-0.25, -0.2) is 9.78 Å². The lowest BCUT2D eigenvalue weighted by molar-refractivity contribution is -0.136. The molecule has 2 saturated heterocycles. The number of anilines is 1. The van der Waals surface area contributed by atoms with Gasteiger partial charge in [-0.3, -0.25) is 4.90 Å². The summed E-state index contributed by atoms with van der Waals surface area (Å²) in [7, 11) is 0. The SMILES string of the molecule is O=C(O)N1C2CCC1CN(c1nc3c(C(F)(F)F)ccc(-c4nccs4)c3o1)C2. The first kappa shape index (κ1) is 18.2. The molecule has 29 heavy (non-hydrogen) atoms. The smallest absolute Gasteiger partial charge is 0.418 e. The molecular weight excluding hydrogens is 409 g/mol. The first-order valence-electron chi connectivity index (χ1n) is 8.99. The number of halogens is 3. The van der Waals surface area contributed by atoms with Gasteiger partial charge in [0.1, 0.15) is 10.5 Å². The Morgan fingerprint density at radius 1 is 1.24 bits per heavy atom. The summed E-state index contributed by atoms with van der Waals surface area (Å²) >= 11 is 1.30. The summed E-state index contributed by atoms with van der Waals surface area (Å²) in [5, 5.41) is 11.7. The molecule has 1 aromatic carbocycles. The Morgan fingerprint density at radius 3 is 2.55 bits per heavy atom. The van der Waals surface area contributed by atoms with Gasteiger partial charge in [0, 0.05) is 24.7 Å². The van der Waals surface area contributed by atoms with Crippen LogP contribution in [0.5, 0.6) is 0 Å². The highest BCUT2D eigenvalue weighted by atomic mass is 32.1. The number of piperazine rings is 1. The van der Waals surface area contributed by atoms with Crippen LogP contribution in [-0.2, 0) is 6.18 Å². The second-order valence-electron chi connectivity index (χ2n) is 7.15. The van der Waals surface area contributed by atoms with Gasteiger partial charge in [-0.2, -0.15) is 18.2 Å². The number of alkyl halides is 3. The Kier molecular flexibility index (Phi) is 3.99. The van der Waals surface area contributed by atoms with Crippen molar-refractivity contribution < 1.29 is 27.5 Å². The molecule has 2 aliphatic heterocycles. The number of amides is 1. The van der Waals surface area contributed by atoms with Gasteiger partial charge in [0.2, 0.25) is 0 Å². The summed E-state index contributed by atoms with van der Waals surface area (Å²) in [4.78, 5) is 23.0. The molecule has 7 nitrogen and oxygen atoms in total. The van der Waals surface area contributed by atoms with E-state index in [9.17, 15) is 23.1 Å². The number of aromatic nitrogens is 2. The summed E-state index contributed by atoms with van der Waals surface area (Å²) in [6.45, 7) is 0.674. The Bertz CT molecular complexity index is 1070. The number of nitrogens with zero attached hydrogens (tertiary/aromatic N) is 4. The molecule has 3 aromatic rings. The van der Waals surface area contributed by atoms with Crippen LogP contribution in [0.25, 0.3) is 21.7 Å². The van der Waals surface area contributed by atoms with Crippen LogP contribution in [0.1, 0.15) is 18.4 Å². The van der Waals surface area contributed by atoms with E-state index in [4.69, 9.17) is 4.42 Å². The van der Waals surface area contributed by atoms with Gasteiger partial charge in [0.25, 0.3) is 6.01 Å². The van der Waals surface area contributed by atoms with Crippen LogP contribution < -0.4 is 4.90 Å². The molecule has 0 spiro atoms. The summed E-state index contributed by atoms with van der Waals surface area (Å²) in [6.07, 6.45) is -2.55. The summed E-state index contributed by atoms with van der Waals surface area (Å²) < 4.78 is 46.4. The number of rotatable bonds is 2. The number of hydrogen-bond donors (Lipinski definition) is 1. The minimum absolute atomic E-state index is 0.0396. The third kappa shape index (κ3) is 2.91. The van der Waals surface area contributed by atoms with Gasteiger partial charge >= 0.3 is 12.3 Å². The topological polar surface area (TPSA) is 82.7 Å². The van der Waals surface area contributed by atoms with Crippen molar-refractivity contribution in [1.29, 1.82) is 0 Å². The van der Waals surface area contributed by atoms with Crippen molar-refractivity contribution in [3.63, 3.8) is 0 Å². The molecule has 11 heteroatoms. The van der Waals surface area contributed by atoms with Gasteiger partial charge < -0.3 is 14.4 Å². The predicted octanol–water partition coefficient (Wildman–Crippen LogP) is 4.30. The molecule has 2 bridgehead atoms. The lowest BCUT2D eigenvalue weighted by Gasteiger charge is -2.38. The number of oxazole rings is 1. The zero-order valence-corrected chi connectivity index (χ0v) is 15.7. The van der Waals surface area contributed by atoms with Crippen molar-refractivity contribution in [3.05, 3.63) is 29.3 Å². The van der Waals surface area contributed by atoms with Crippen LogP contribution in [0.4, 0.5) is 24.0 Å². The van der Waals surface area contributed by atoms with Gasteiger partial charge in [-0.15, -0.1) is 11.3 Å². The van der Waals surface area contributed by atoms with Gasteiger partial charge in [-0.1, -0.05) is 0 Å². The molecule has 1 amide bonds. The van der Waals surface area contributed by atoms with Crippen LogP contribution in [0.3, 0.4) is 0 Å². The predicted molar refractivity (Wildman–Crippen MR) is 99.0 cm³/mol. The number of thiazole rings is 1. The van der Waals surface area contributed by atoms with Crippen molar-refractivity contribution in [2.45, 2.75) is 31.1 Å². The zero-order chi connectivity index (χ0) is 20.3. The van der Waals surface area contributed by atoms with E-state index in [1.165, 1.54) is 22.3 Å². The normalized spacial score (nSPS) is 21.9. The maximum absolute atomic E-state index is 13.5. The minimum Gasteiger partial charge on any atom is -0.465 e. The average Bonchev–Trinajstić information content (AvgIpc) is 3.37. The molecule has 2 aromatic heterocycles. The van der Waals surface area contributed by atoms with Crippen molar-refractivity contribution in [2.75, 3.05) is 18.0 Å². The quantitative estimate of drug-likeness (QED) is 0.661. The van der Waals surface area contributed by atoms with E-state index in [1.54, 1.807) is 16.5 Å². The molecule has 152 valence electrons. The lowest BCUT2D eigenvalue weighted by atomic mass is 10.1. The number of carbonyl (C=O) groups is 1. The zero-order valence-electron chi connectivity index (χ0n) is 14.9. The molecule has 0 aliphatic carbocycles. The summed E-state index contributed by atoms with van der Waals surface area (Å²) in [5.41, 5.74) is -0.630. The van der Waals surface area contributed by atoms with Crippen LogP contribution >= 0.6 is 11.3 Å². The number of hydrogen-bond acceptors (Lipinski definition) is 6. The van der Waals surface area contributed by atoms with Gasteiger partial charge in [-0.05, 0) is 25.0 Å². The molecule has 2 unspecified atom stereocenters. The van der Waals surface area contributed by atoms with Gasteiger partial charge in [0.15, 0.2) is 5.58 Å². The molecule has 4 heterocycles. The second kappa shape index (κ2) is 6.34. The fourth-order valence-corrected chi connectivity index (χ4v) is 4.92. The van der Waals surface area contributed by atoms with E-state index in [0.717, 1.165) is 6.07 Å². The van der Waals surface area contributed by atoms with Crippen LogP contribution in [-0.4, -0.2) is 51.2 Å². The summed E-state index contributed by atoms with van der Waals surface area (Å²) in [5.74, 6) is 0. The maximum Gasteiger partial charge on any atom is 0.418 e. The summed E-state index contributed by atoms with van der Waals surface area (Å²) in [6, 6.07) is 1.99. The molecule has 5 rings (SSSR count). The van der Waals surface area contributed by atoms with E-state index < -0.39 is 17.8 Å². The number of benzene rings is 1. The molecule has 2 atom stereocenters. The Balaban J connectivity index is 1.59. The standard InChI is InChI=1S/C18H15F3N4O3S/c19-18(20,21)12-4-3-11(15-22-5-6-29-15)14-13(12)23-16(28-14)24-7-9-1-2-10(8-24)25(9)17(26)27/h3-6,9-10H,1-2,7-8H2,(H,26,27). The maximum atomic E-state index is 13.5. The first-order valence-corrected chi connectivity index (χ1v) is 9.87. The molecule has 1 N–H and O–H groups in total. The Labute approximate surface area is 166 Å². The molecule has 2 fully saturated rings. The molecule has 0 saturated carbocycles. The Morgan fingerprint density at radius 2 is 1.97 bits per heavy atom. The third-order valence-corrected chi connectivity index (χ3v) is 6.28. The fraction of sp³-hybridized carbons (Fsp3) is 0.389. The van der Waals surface area contributed by atoms with Crippen LogP contribution in [0.15, 0.2) is 28.1 Å². The molecule has 0 radical (unpaired) electrons. The highest BCUT2D eigenvalue weighted by Crippen LogP contribution is 2.41. The monoisotopic (exact) mass is 424 g/mol. The highest BCUT2D eigenvalue weighted by molar-refractivity contribution is 7.13. The van der Waals surface area contributed by atoms with Crippen molar-refractivity contribution >= 4 is 34.5 Å². The number of carboxylic acid groups (broad SMARTS) is 1. The number of fused-ring (bicyclic) bond motifs is 3. The van der Waals surface area contributed by atoms with Crippen molar-refractivity contribution in [2.24, 2.45) is 0 Å². The highest BCUT2D eigenvalue weighted by Gasteiger charge is 2.44. The largest absolute Gasteiger partial charge is 0.465 e. The third-order valence-electron chi connectivity index (χ3n) is 5.47. The van der Waals surface area contributed by atoms with E-state index >= 15 is 0 Å². The van der Waals surface area contributed by atoms with Crippen LogP contribution in [0, 0.1) is 0 Å². The van der Waals surface area contributed by atoms with Crippen LogP contribution in [0.2, 0.25) is 0 Å². The minimum atomic E-state index is -4.57. The lowest BCUT2D eigenvalue weighted by Crippen LogP contribution is -2.55. The average molecular weight is 424 g/mol. The van der Waals surface area contributed by atoms with E-state index in [-0.39, 0.29) is 29.2 Å². The van der Waals surface area contributed by atoms with Crippen molar-refractivity contribution in [1.82, 2.24) is 14.9 Å². The molecular formula is C18H15F3N4O3S. The van der Waals surface area contributed by atoms with Crippen molar-refractivity contribution in [3.8, 4) is 10.6 Å². The van der Waals surface area contributed by atoms with E-state index in [1.807, 2.05) is 0 Å². The first-order chi connectivity index (χ1) is 13.8. The van der Waals surface area contributed by atoms with E-state index in [0.29, 0.717) is 36.5 Å². The van der Waals surface area contributed by atoms with Gasteiger partial charge in [0.05, 0.1) is 23.2 Å². The fourth-order valence-electron chi connectivity index (χ4n) is 4.26. The second-order valence-corrected chi connectivity index (χ2v) is 8.04. The molecule has 2 aliphatic rings.